The molecule has 4 aromatic rings. The lowest BCUT2D eigenvalue weighted by Crippen LogP contribution is -2.26. The highest BCUT2D eigenvalue weighted by Gasteiger charge is 2.26. The Kier molecular flexibility index (Phi) is 5.70. The van der Waals surface area contributed by atoms with Gasteiger partial charge in [-0.15, -0.1) is 0 Å². The number of nitrogens with zero attached hydrogens (tertiary/aromatic N) is 3. The summed E-state index contributed by atoms with van der Waals surface area (Å²) >= 11 is 12.7. The summed E-state index contributed by atoms with van der Waals surface area (Å²) in [7, 11) is 0. The largest absolute Gasteiger partial charge is 0.366 e. The summed E-state index contributed by atoms with van der Waals surface area (Å²) in [6, 6.07) is 16.2. The van der Waals surface area contributed by atoms with Crippen molar-refractivity contribution in [3.8, 4) is 11.3 Å². The number of hydrogen-bond acceptors (Lipinski definition) is 5. The van der Waals surface area contributed by atoms with E-state index >= 15 is 0 Å². The first-order chi connectivity index (χ1) is 15.0. The van der Waals surface area contributed by atoms with Crippen LogP contribution in [-0.4, -0.2) is 22.0 Å². The molecule has 0 unspecified atom stereocenters. The maximum absolute atomic E-state index is 13.5. The van der Waals surface area contributed by atoms with Gasteiger partial charge >= 0.3 is 0 Å². The van der Waals surface area contributed by atoms with Gasteiger partial charge in [-0.05, 0) is 48.5 Å². The highest BCUT2D eigenvalue weighted by Crippen LogP contribution is 2.35. The van der Waals surface area contributed by atoms with Gasteiger partial charge in [-0.2, -0.15) is 0 Å². The number of pyridine rings is 1. The monoisotopic (exact) mass is 452 g/mol. The highest BCUT2D eigenvalue weighted by molar-refractivity contribution is 6.35. The van der Waals surface area contributed by atoms with Gasteiger partial charge in [0.15, 0.2) is 0 Å². The van der Waals surface area contributed by atoms with Crippen molar-refractivity contribution in [3.63, 3.8) is 0 Å². The van der Waals surface area contributed by atoms with Crippen LogP contribution in [0.2, 0.25) is 10.0 Å². The summed E-state index contributed by atoms with van der Waals surface area (Å²) in [6.07, 6.45) is 3.07. The van der Waals surface area contributed by atoms with Gasteiger partial charge in [-0.25, -0.2) is 4.90 Å². The molecular formula is C22H14Cl2N4O3. The molecule has 0 fully saturated rings. The standard InChI is InChI=1S/C22H14Cl2N4O3/c23-17-7-5-14(12-16(17)19-3-1-2-9-26-19)28(20-8-10-27-31-20)22(30)15-6-4-13(21(25)29)11-18(15)24/h1-12H,(H2,25,29). The molecule has 0 saturated carbocycles. The molecule has 0 aliphatic rings. The second kappa shape index (κ2) is 8.59. The SMILES string of the molecule is NC(=O)c1ccc(C(=O)N(c2ccc(Cl)c(-c3ccccn3)c2)c2ccno2)c(Cl)c1. The van der Waals surface area contributed by atoms with Crippen LogP contribution in [0.1, 0.15) is 20.7 Å². The maximum atomic E-state index is 13.5. The highest BCUT2D eigenvalue weighted by atomic mass is 35.5. The van der Waals surface area contributed by atoms with E-state index in [1.54, 1.807) is 36.5 Å². The Hall–Kier alpha value is -3.68. The minimum Gasteiger partial charge on any atom is -0.366 e. The fourth-order valence-corrected chi connectivity index (χ4v) is 3.48. The molecule has 0 saturated heterocycles. The van der Waals surface area contributed by atoms with E-state index in [4.69, 9.17) is 33.5 Å². The van der Waals surface area contributed by atoms with Crippen LogP contribution in [0.5, 0.6) is 0 Å². The summed E-state index contributed by atoms with van der Waals surface area (Å²) in [5, 5.41) is 4.24. The molecule has 4 rings (SSSR count). The van der Waals surface area contributed by atoms with Gasteiger partial charge in [-0.3, -0.25) is 14.6 Å². The van der Waals surface area contributed by atoms with Crippen LogP contribution in [0.15, 0.2) is 77.6 Å². The van der Waals surface area contributed by atoms with Gasteiger partial charge in [0.25, 0.3) is 5.91 Å². The lowest BCUT2D eigenvalue weighted by Gasteiger charge is -2.21. The normalized spacial score (nSPS) is 10.6. The molecule has 0 aliphatic heterocycles. The molecular weight excluding hydrogens is 439 g/mol. The summed E-state index contributed by atoms with van der Waals surface area (Å²) in [4.78, 5) is 30.5. The number of anilines is 2. The van der Waals surface area contributed by atoms with Gasteiger partial charge in [0.2, 0.25) is 11.8 Å². The molecule has 0 atom stereocenters. The number of carbonyl (C=O) groups excluding carboxylic acids is 2. The zero-order valence-electron chi connectivity index (χ0n) is 15.8. The van der Waals surface area contributed by atoms with Crippen LogP contribution in [-0.2, 0) is 0 Å². The van der Waals surface area contributed by atoms with Crippen molar-refractivity contribution in [1.29, 1.82) is 0 Å². The molecule has 2 aromatic heterocycles. The first-order valence-electron chi connectivity index (χ1n) is 9.01. The Morgan fingerprint density at radius 3 is 2.42 bits per heavy atom. The zero-order valence-corrected chi connectivity index (χ0v) is 17.3. The molecule has 2 heterocycles. The van der Waals surface area contributed by atoms with Gasteiger partial charge in [-0.1, -0.05) is 34.4 Å². The van der Waals surface area contributed by atoms with Crippen molar-refractivity contribution in [3.05, 3.63) is 94.2 Å². The van der Waals surface area contributed by atoms with E-state index < -0.39 is 11.8 Å². The van der Waals surface area contributed by atoms with Crippen molar-refractivity contribution >= 4 is 46.6 Å². The predicted octanol–water partition coefficient (Wildman–Crippen LogP) is 5.12. The van der Waals surface area contributed by atoms with Crippen LogP contribution >= 0.6 is 23.2 Å². The maximum Gasteiger partial charge on any atom is 0.266 e. The van der Waals surface area contributed by atoms with Gasteiger partial charge in [0.1, 0.15) is 0 Å². The van der Waals surface area contributed by atoms with E-state index in [0.29, 0.717) is 22.0 Å². The van der Waals surface area contributed by atoms with Crippen LogP contribution in [0, 0.1) is 0 Å². The number of aromatic nitrogens is 2. The van der Waals surface area contributed by atoms with Crippen LogP contribution < -0.4 is 10.6 Å². The molecule has 0 radical (unpaired) electrons. The number of nitrogens with two attached hydrogens (primary N) is 1. The molecule has 2 amide bonds. The summed E-state index contributed by atoms with van der Waals surface area (Å²) in [5.74, 6) is -0.966. The molecule has 0 spiro atoms. The topological polar surface area (TPSA) is 102 Å². The van der Waals surface area contributed by atoms with E-state index in [2.05, 4.69) is 10.1 Å². The Morgan fingerprint density at radius 1 is 0.935 bits per heavy atom. The molecule has 31 heavy (non-hydrogen) atoms. The third-order valence-electron chi connectivity index (χ3n) is 4.48. The lowest BCUT2D eigenvalue weighted by atomic mass is 10.1. The molecule has 0 bridgehead atoms. The van der Waals surface area contributed by atoms with Gasteiger partial charge < -0.3 is 10.3 Å². The average Bonchev–Trinajstić information content (AvgIpc) is 3.29. The van der Waals surface area contributed by atoms with Gasteiger partial charge in [0, 0.05) is 23.4 Å². The Labute approximate surface area is 187 Å². The molecule has 2 aromatic carbocycles. The van der Waals surface area contributed by atoms with Gasteiger partial charge in [0.05, 0.1) is 33.2 Å². The number of halogens is 2. The minimum absolute atomic E-state index is 0.0738. The fourth-order valence-electron chi connectivity index (χ4n) is 3.00. The minimum atomic E-state index is -0.648. The van der Waals surface area contributed by atoms with Crippen molar-refractivity contribution in [2.24, 2.45) is 5.73 Å². The predicted molar refractivity (Wildman–Crippen MR) is 118 cm³/mol. The molecule has 2 N–H and O–H groups in total. The number of carbonyl (C=O) groups is 2. The zero-order chi connectivity index (χ0) is 22.0. The fraction of sp³-hybridized carbons (Fsp3) is 0. The second-order valence-corrected chi connectivity index (χ2v) is 7.24. The lowest BCUT2D eigenvalue weighted by molar-refractivity contribution is 0.0985. The number of primary amides is 1. The van der Waals surface area contributed by atoms with Crippen molar-refractivity contribution in [2.75, 3.05) is 4.90 Å². The summed E-state index contributed by atoms with van der Waals surface area (Å²) in [6.45, 7) is 0. The molecule has 154 valence electrons. The van der Waals surface area contributed by atoms with Crippen LogP contribution in [0.4, 0.5) is 11.6 Å². The number of amides is 2. The van der Waals surface area contributed by atoms with E-state index in [9.17, 15) is 9.59 Å². The van der Waals surface area contributed by atoms with E-state index in [-0.39, 0.29) is 22.0 Å². The summed E-state index contributed by atoms with van der Waals surface area (Å²) in [5.41, 5.74) is 7.36. The number of hydrogen-bond donors (Lipinski definition) is 1. The van der Waals surface area contributed by atoms with Crippen molar-refractivity contribution in [1.82, 2.24) is 10.1 Å². The molecule has 0 aliphatic carbocycles. The van der Waals surface area contributed by atoms with E-state index in [1.165, 1.54) is 29.3 Å². The second-order valence-electron chi connectivity index (χ2n) is 6.43. The molecule has 7 nitrogen and oxygen atoms in total. The number of benzene rings is 2. The third kappa shape index (κ3) is 4.14. The van der Waals surface area contributed by atoms with Crippen LogP contribution in [0.25, 0.3) is 11.3 Å². The first kappa shape index (κ1) is 20.6. The van der Waals surface area contributed by atoms with Crippen molar-refractivity contribution < 1.29 is 14.1 Å². The van der Waals surface area contributed by atoms with E-state index in [0.717, 1.165) is 0 Å². The Morgan fingerprint density at radius 2 is 1.77 bits per heavy atom. The quantitative estimate of drug-likeness (QED) is 0.452. The Balaban J connectivity index is 1.82. The third-order valence-corrected chi connectivity index (χ3v) is 5.12. The summed E-state index contributed by atoms with van der Waals surface area (Å²) < 4.78 is 5.26. The Bertz CT molecular complexity index is 1260. The first-order valence-corrected chi connectivity index (χ1v) is 9.77. The average molecular weight is 453 g/mol. The number of rotatable bonds is 5. The van der Waals surface area contributed by atoms with E-state index in [1.807, 2.05) is 12.1 Å². The van der Waals surface area contributed by atoms with Crippen LogP contribution in [0.3, 0.4) is 0 Å². The molecule has 9 heteroatoms. The van der Waals surface area contributed by atoms with Crippen molar-refractivity contribution in [2.45, 2.75) is 0 Å². The smallest absolute Gasteiger partial charge is 0.266 e.